The summed E-state index contributed by atoms with van der Waals surface area (Å²) in [5.74, 6) is -0.586. The number of halogens is 1. The van der Waals surface area contributed by atoms with E-state index in [0.29, 0.717) is 9.75 Å². The summed E-state index contributed by atoms with van der Waals surface area (Å²) < 4.78 is 9.87. The molecule has 0 aliphatic rings. The van der Waals surface area contributed by atoms with Gasteiger partial charge in [-0.1, -0.05) is 20.1 Å². The van der Waals surface area contributed by atoms with Crippen LogP contribution in [0.4, 0.5) is 0 Å². The van der Waals surface area contributed by atoms with Crippen LogP contribution in [-0.2, 0) is 29.9 Å². The molecule has 130 valence electrons. The number of ether oxygens (including phenoxy) is 2. The number of rotatable bonds is 3. The van der Waals surface area contributed by atoms with Crippen LogP contribution in [0.15, 0.2) is 33.9 Å². The fourth-order valence-corrected chi connectivity index (χ4v) is 3.54. The molecule has 2 rings (SSSR count). The van der Waals surface area contributed by atoms with E-state index in [1.165, 1.54) is 36.9 Å². The Bertz CT molecular complexity index is 637. The van der Waals surface area contributed by atoms with Crippen molar-refractivity contribution >= 4 is 56.6 Å². The Hall–Kier alpha value is -0.778. The molecule has 0 unspecified atom stereocenters. The van der Waals surface area contributed by atoms with E-state index >= 15 is 0 Å². The summed E-state index contributed by atoms with van der Waals surface area (Å²) in [7, 11) is 2.74. The minimum Gasteiger partial charge on any atom is -0.465 e. The number of thiophene rings is 2. The summed E-state index contributed by atoms with van der Waals surface area (Å²) in [5, 5.41) is 3.67. The Labute approximate surface area is 166 Å². The zero-order valence-corrected chi connectivity index (χ0v) is 16.5. The molecule has 2 heterocycles. The molecule has 0 bridgehead atoms. The van der Waals surface area contributed by atoms with Gasteiger partial charge in [0, 0.05) is 24.9 Å². The van der Waals surface area contributed by atoms with Gasteiger partial charge in [0.2, 0.25) is 0 Å². The van der Waals surface area contributed by atoms with Gasteiger partial charge in [0.1, 0.15) is 9.75 Å². The number of carbonyl (C=O) groups excluding carboxylic acids is 2. The zero-order valence-electron chi connectivity index (χ0n) is 11.7. The topological polar surface area (TPSA) is 52.6 Å². The van der Waals surface area contributed by atoms with E-state index in [4.69, 9.17) is 0 Å². The van der Waals surface area contributed by atoms with Crippen LogP contribution in [0.25, 0.3) is 6.08 Å². The number of hydrogen-bond acceptors (Lipinski definition) is 6. The minimum atomic E-state index is -0.296. The molecular weight excluding hydrogens is 495 g/mol. The molecule has 0 aromatic carbocycles. The van der Waals surface area contributed by atoms with Crippen molar-refractivity contribution in [1.82, 2.24) is 0 Å². The molecule has 2 aromatic heterocycles. The molecule has 23 heavy (non-hydrogen) atoms. The summed E-state index contributed by atoms with van der Waals surface area (Å²) in [5.41, 5.74) is 0.835. The maximum absolute atomic E-state index is 11.0. The van der Waals surface area contributed by atoms with Crippen molar-refractivity contribution in [2.24, 2.45) is 0 Å². The molecule has 0 fully saturated rings. The Balaban J connectivity index is 0. The SMILES string of the molecule is C.C=Cc1ccsc1C(=O)OC.COC(=O)c1sccc1Br.[Pd]. The molecule has 0 aliphatic carbocycles. The van der Waals surface area contributed by atoms with Gasteiger partial charge in [0.15, 0.2) is 0 Å². The molecule has 4 nitrogen and oxygen atoms in total. The quantitative estimate of drug-likeness (QED) is 0.425. The number of esters is 2. The summed E-state index contributed by atoms with van der Waals surface area (Å²) in [4.78, 5) is 23.1. The third-order valence-electron chi connectivity index (χ3n) is 2.27. The first-order chi connectivity index (χ1) is 10.0. The number of hydrogen-bond donors (Lipinski definition) is 0. The van der Waals surface area contributed by atoms with Crippen LogP contribution in [0.1, 0.15) is 32.3 Å². The number of carbonyl (C=O) groups is 2. The zero-order chi connectivity index (χ0) is 15.8. The summed E-state index contributed by atoms with van der Waals surface area (Å²) in [6, 6.07) is 3.65. The van der Waals surface area contributed by atoms with E-state index < -0.39 is 0 Å². The average molecular weight is 512 g/mol. The van der Waals surface area contributed by atoms with Crippen LogP contribution < -0.4 is 0 Å². The third kappa shape index (κ3) is 7.10. The van der Waals surface area contributed by atoms with Crippen LogP contribution >= 0.6 is 38.6 Å². The van der Waals surface area contributed by atoms with Gasteiger partial charge in [-0.2, -0.15) is 0 Å². The predicted octanol–water partition coefficient (Wildman–Crippen LogP) is 5.11. The first kappa shape index (κ1) is 24.5. The summed E-state index contributed by atoms with van der Waals surface area (Å²) >= 11 is 5.94. The van der Waals surface area contributed by atoms with Crippen molar-refractivity contribution in [2.45, 2.75) is 7.43 Å². The molecular formula is C15H17BrO4PdS2. The maximum atomic E-state index is 11.0. The average Bonchev–Trinajstić information content (AvgIpc) is 3.14. The molecule has 0 amide bonds. The first-order valence-electron chi connectivity index (χ1n) is 5.64. The van der Waals surface area contributed by atoms with Crippen molar-refractivity contribution in [3.05, 3.63) is 49.3 Å². The Morgan fingerprint density at radius 2 is 1.57 bits per heavy atom. The van der Waals surface area contributed by atoms with Crippen LogP contribution in [0.2, 0.25) is 0 Å². The van der Waals surface area contributed by atoms with Gasteiger partial charge in [-0.3, -0.25) is 0 Å². The van der Waals surface area contributed by atoms with Crippen LogP contribution in [-0.4, -0.2) is 26.2 Å². The molecule has 2 aromatic rings. The molecule has 0 N–H and O–H groups in total. The van der Waals surface area contributed by atoms with Gasteiger partial charge >= 0.3 is 11.9 Å². The third-order valence-corrected chi connectivity index (χ3v) is 5.00. The normalized spacial score (nSPS) is 8.48. The van der Waals surface area contributed by atoms with Crippen molar-refractivity contribution in [1.29, 1.82) is 0 Å². The van der Waals surface area contributed by atoms with Gasteiger partial charge in [-0.05, 0) is 44.4 Å². The maximum Gasteiger partial charge on any atom is 0.349 e. The summed E-state index contributed by atoms with van der Waals surface area (Å²) in [6.45, 7) is 3.58. The van der Waals surface area contributed by atoms with E-state index in [9.17, 15) is 9.59 Å². The molecule has 0 saturated heterocycles. The summed E-state index contributed by atoms with van der Waals surface area (Å²) in [6.07, 6.45) is 1.64. The van der Waals surface area contributed by atoms with Crippen molar-refractivity contribution in [3.63, 3.8) is 0 Å². The standard InChI is InChI=1S/C8H8O2S.C6H5BrO2S.CH4.Pd/c1-3-6-4-5-11-7(6)8(9)10-2;1-9-6(8)5-4(7)2-3-10-5;;/h3-5H,1H2,2H3;2-3H,1H3;1H4;. The second-order valence-corrected chi connectivity index (χ2v) is 6.18. The molecule has 0 saturated carbocycles. The monoisotopic (exact) mass is 510 g/mol. The largest absolute Gasteiger partial charge is 0.465 e. The molecule has 0 radical (unpaired) electrons. The number of methoxy groups -OCH3 is 2. The predicted molar refractivity (Wildman–Crippen MR) is 95.8 cm³/mol. The van der Waals surface area contributed by atoms with Crippen LogP contribution in [0.5, 0.6) is 0 Å². The Morgan fingerprint density at radius 1 is 1.09 bits per heavy atom. The Morgan fingerprint density at radius 3 is 2.00 bits per heavy atom. The van der Waals surface area contributed by atoms with Gasteiger partial charge in [-0.25, -0.2) is 9.59 Å². The smallest absolute Gasteiger partial charge is 0.349 e. The van der Waals surface area contributed by atoms with Gasteiger partial charge < -0.3 is 9.47 Å². The Kier molecular flexibility index (Phi) is 13.4. The second kappa shape index (κ2) is 12.6. The minimum absolute atomic E-state index is 0. The molecule has 0 atom stereocenters. The van der Waals surface area contributed by atoms with Gasteiger partial charge in [0.25, 0.3) is 0 Å². The first-order valence-corrected chi connectivity index (χ1v) is 8.19. The molecule has 8 heteroatoms. The van der Waals surface area contributed by atoms with E-state index in [2.05, 4.69) is 32.0 Å². The van der Waals surface area contributed by atoms with Crippen molar-refractivity contribution < 1.29 is 39.5 Å². The second-order valence-electron chi connectivity index (χ2n) is 3.49. The molecule has 0 spiro atoms. The van der Waals surface area contributed by atoms with E-state index in [-0.39, 0.29) is 39.8 Å². The fraction of sp³-hybridized carbons (Fsp3) is 0.200. The van der Waals surface area contributed by atoms with Gasteiger partial charge in [-0.15, -0.1) is 22.7 Å². The fourth-order valence-electron chi connectivity index (χ4n) is 1.27. The van der Waals surface area contributed by atoms with Crippen molar-refractivity contribution in [2.75, 3.05) is 14.2 Å². The van der Waals surface area contributed by atoms with E-state index in [1.54, 1.807) is 6.08 Å². The van der Waals surface area contributed by atoms with Gasteiger partial charge in [0.05, 0.1) is 14.2 Å². The molecule has 0 aliphatic heterocycles. The van der Waals surface area contributed by atoms with E-state index in [0.717, 1.165) is 10.0 Å². The van der Waals surface area contributed by atoms with Crippen molar-refractivity contribution in [3.8, 4) is 0 Å². The van der Waals surface area contributed by atoms with Crippen LogP contribution in [0.3, 0.4) is 0 Å². The van der Waals surface area contributed by atoms with Crippen LogP contribution in [0, 0.1) is 0 Å². The van der Waals surface area contributed by atoms with E-state index in [1.807, 2.05) is 22.9 Å².